The molecule has 0 aliphatic rings. The standard InChI is InChI=1S/C13H29N3O/c1-5-7-8-15-13(17)12(4)16(6-2)10-11(3)9-14/h11-12H,5-10,14H2,1-4H3,(H,15,17). The van der Waals surface area contributed by atoms with Crippen LogP contribution in [0.5, 0.6) is 0 Å². The van der Waals surface area contributed by atoms with Gasteiger partial charge in [0.05, 0.1) is 6.04 Å². The first-order chi connectivity index (χ1) is 8.06. The second kappa shape index (κ2) is 9.42. The van der Waals surface area contributed by atoms with E-state index in [1.165, 1.54) is 0 Å². The highest BCUT2D eigenvalue weighted by Crippen LogP contribution is 2.04. The van der Waals surface area contributed by atoms with E-state index >= 15 is 0 Å². The molecule has 0 rings (SSSR count). The lowest BCUT2D eigenvalue weighted by Gasteiger charge is -2.29. The van der Waals surface area contributed by atoms with Gasteiger partial charge < -0.3 is 11.1 Å². The molecule has 0 aromatic rings. The zero-order valence-electron chi connectivity index (χ0n) is 11.8. The Labute approximate surface area is 106 Å². The Morgan fingerprint density at radius 2 is 2.00 bits per heavy atom. The molecule has 4 heteroatoms. The van der Waals surface area contributed by atoms with Gasteiger partial charge in [-0.15, -0.1) is 0 Å². The molecule has 0 aliphatic heterocycles. The minimum atomic E-state index is -0.0640. The molecule has 0 aliphatic carbocycles. The highest BCUT2D eigenvalue weighted by atomic mass is 16.2. The summed E-state index contributed by atoms with van der Waals surface area (Å²) in [6.07, 6.45) is 2.15. The second-order valence-corrected chi connectivity index (χ2v) is 4.75. The number of amides is 1. The fourth-order valence-corrected chi connectivity index (χ4v) is 1.74. The third-order valence-corrected chi connectivity index (χ3v) is 3.11. The molecule has 0 radical (unpaired) electrons. The van der Waals surface area contributed by atoms with E-state index in [0.29, 0.717) is 12.5 Å². The molecule has 102 valence electrons. The van der Waals surface area contributed by atoms with Crippen molar-refractivity contribution in [2.75, 3.05) is 26.2 Å². The molecule has 2 atom stereocenters. The molecule has 0 spiro atoms. The first kappa shape index (κ1) is 16.4. The van der Waals surface area contributed by atoms with Crippen LogP contribution in [0.4, 0.5) is 0 Å². The average Bonchev–Trinajstić information content (AvgIpc) is 2.34. The smallest absolute Gasteiger partial charge is 0.237 e. The molecule has 17 heavy (non-hydrogen) atoms. The number of hydrogen-bond acceptors (Lipinski definition) is 3. The number of rotatable bonds is 9. The summed E-state index contributed by atoms with van der Waals surface area (Å²) in [4.78, 5) is 14.1. The van der Waals surface area contributed by atoms with Crippen molar-refractivity contribution in [1.29, 1.82) is 0 Å². The summed E-state index contributed by atoms with van der Waals surface area (Å²) in [5.74, 6) is 0.561. The average molecular weight is 243 g/mol. The maximum Gasteiger partial charge on any atom is 0.237 e. The molecule has 2 unspecified atom stereocenters. The molecule has 0 saturated heterocycles. The van der Waals surface area contributed by atoms with Crippen molar-refractivity contribution in [3.8, 4) is 0 Å². The van der Waals surface area contributed by atoms with Gasteiger partial charge in [0.25, 0.3) is 0 Å². The normalized spacial score (nSPS) is 14.7. The van der Waals surface area contributed by atoms with Crippen molar-refractivity contribution in [3.05, 3.63) is 0 Å². The van der Waals surface area contributed by atoms with Gasteiger partial charge in [-0.05, 0) is 32.4 Å². The van der Waals surface area contributed by atoms with E-state index in [-0.39, 0.29) is 11.9 Å². The number of hydrogen-bond donors (Lipinski definition) is 2. The summed E-state index contributed by atoms with van der Waals surface area (Å²) < 4.78 is 0. The summed E-state index contributed by atoms with van der Waals surface area (Å²) in [7, 11) is 0. The summed E-state index contributed by atoms with van der Waals surface area (Å²) in [6, 6.07) is -0.0640. The minimum absolute atomic E-state index is 0.0640. The third-order valence-electron chi connectivity index (χ3n) is 3.11. The summed E-state index contributed by atoms with van der Waals surface area (Å²) in [6.45, 7) is 11.5. The highest BCUT2D eigenvalue weighted by Gasteiger charge is 2.20. The lowest BCUT2D eigenvalue weighted by atomic mass is 10.1. The number of carbonyl (C=O) groups is 1. The lowest BCUT2D eigenvalue weighted by molar-refractivity contribution is -0.126. The van der Waals surface area contributed by atoms with E-state index in [0.717, 1.165) is 32.5 Å². The van der Waals surface area contributed by atoms with Crippen LogP contribution in [0.3, 0.4) is 0 Å². The molecule has 3 N–H and O–H groups in total. The topological polar surface area (TPSA) is 58.4 Å². The van der Waals surface area contributed by atoms with Gasteiger partial charge in [-0.2, -0.15) is 0 Å². The van der Waals surface area contributed by atoms with Gasteiger partial charge >= 0.3 is 0 Å². The van der Waals surface area contributed by atoms with E-state index in [2.05, 4.69) is 31.0 Å². The Bertz CT molecular complexity index is 209. The van der Waals surface area contributed by atoms with E-state index in [9.17, 15) is 4.79 Å². The molecule has 0 aromatic heterocycles. The van der Waals surface area contributed by atoms with Gasteiger partial charge in [0.1, 0.15) is 0 Å². The lowest BCUT2D eigenvalue weighted by Crippen LogP contribution is -2.47. The molecule has 0 bridgehead atoms. The molecular weight excluding hydrogens is 214 g/mol. The Morgan fingerprint density at radius 3 is 2.47 bits per heavy atom. The van der Waals surface area contributed by atoms with Crippen LogP contribution < -0.4 is 11.1 Å². The molecule has 0 fully saturated rings. The zero-order valence-corrected chi connectivity index (χ0v) is 11.8. The molecule has 1 amide bonds. The summed E-state index contributed by atoms with van der Waals surface area (Å²) in [5.41, 5.74) is 5.62. The van der Waals surface area contributed by atoms with Crippen LogP contribution in [0.15, 0.2) is 0 Å². The number of nitrogens with zero attached hydrogens (tertiary/aromatic N) is 1. The first-order valence-corrected chi connectivity index (χ1v) is 6.78. The third kappa shape index (κ3) is 6.64. The first-order valence-electron chi connectivity index (χ1n) is 6.78. The maximum absolute atomic E-state index is 11.9. The maximum atomic E-state index is 11.9. The second-order valence-electron chi connectivity index (χ2n) is 4.75. The number of carbonyl (C=O) groups excluding carboxylic acids is 1. The van der Waals surface area contributed by atoms with Crippen LogP contribution in [0, 0.1) is 5.92 Å². The van der Waals surface area contributed by atoms with Gasteiger partial charge in [0, 0.05) is 13.1 Å². The molecule has 0 aromatic carbocycles. The monoisotopic (exact) mass is 243 g/mol. The highest BCUT2D eigenvalue weighted by molar-refractivity contribution is 5.81. The van der Waals surface area contributed by atoms with Crippen molar-refractivity contribution in [2.24, 2.45) is 11.7 Å². The SMILES string of the molecule is CCCCNC(=O)C(C)N(CC)CC(C)CN. The number of unbranched alkanes of at least 4 members (excludes halogenated alkanes) is 1. The predicted molar refractivity (Wildman–Crippen MR) is 72.8 cm³/mol. The van der Waals surface area contributed by atoms with Crippen LogP contribution in [0.2, 0.25) is 0 Å². The van der Waals surface area contributed by atoms with Crippen molar-refractivity contribution >= 4 is 5.91 Å². The molecule has 0 saturated carbocycles. The van der Waals surface area contributed by atoms with Gasteiger partial charge in [-0.3, -0.25) is 9.69 Å². The Balaban J connectivity index is 4.12. The minimum Gasteiger partial charge on any atom is -0.355 e. The number of nitrogens with two attached hydrogens (primary N) is 1. The van der Waals surface area contributed by atoms with Gasteiger partial charge in [0.15, 0.2) is 0 Å². The fraction of sp³-hybridized carbons (Fsp3) is 0.923. The van der Waals surface area contributed by atoms with Gasteiger partial charge in [-0.1, -0.05) is 27.2 Å². The fourth-order valence-electron chi connectivity index (χ4n) is 1.74. The van der Waals surface area contributed by atoms with E-state index in [1.54, 1.807) is 0 Å². The van der Waals surface area contributed by atoms with Crippen molar-refractivity contribution < 1.29 is 4.79 Å². The molecule has 4 nitrogen and oxygen atoms in total. The Morgan fingerprint density at radius 1 is 1.35 bits per heavy atom. The van der Waals surface area contributed by atoms with E-state index in [4.69, 9.17) is 5.73 Å². The number of likely N-dealkylation sites (N-methyl/N-ethyl adjacent to an activating group) is 1. The zero-order chi connectivity index (χ0) is 13.3. The summed E-state index contributed by atoms with van der Waals surface area (Å²) in [5, 5.41) is 2.98. The van der Waals surface area contributed by atoms with Gasteiger partial charge in [-0.25, -0.2) is 0 Å². The van der Waals surface area contributed by atoms with Crippen LogP contribution in [0.25, 0.3) is 0 Å². The van der Waals surface area contributed by atoms with E-state index < -0.39 is 0 Å². The predicted octanol–water partition coefficient (Wildman–Crippen LogP) is 1.21. The van der Waals surface area contributed by atoms with E-state index in [1.807, 2.05) is 6.92 Å². The number of nitrogens with one attached hydrogen (secondary N) is 1. The van der Waals surface area contributed by atoms with Crippen LogP contribution in [-0.2, 0) is 4.79 Å². The van der Waals surface area contributed by atoms with Crippen LogP contribution in [-0.4, -0.2) is 43.0 Å². The molecule has 0 heterocycles. The Hall–Kier alpha value is -0.610. The quantitative estimate of drug-likeness (QED) is 0.598. The Kier molecular flexibility index (Phi) is 9.09. The van der Waals surface area contributed by atoms with Crippen molar-refractivity contribution in [3.63, 3.8) is 0 Å². The van der Waals surface area contributed by atoms with Crippen molar-refractivity contribution in [1.82, 2.24) is 10.2 Å². The van der Waals surface area contributed by atoms with Crippen LogP contribution in [0.1, 0.15) is 40.5 Å². The van der Waals surface area contributed by atoms with Crippen molar-refractivity contribution in [2.45, 2.75) is 46.6 Å². The van der Waals surface area contributed by atoms with Gasteiger partial charge in [0.2, 0.25) is 5.91 Å². The summed E-state index contributed by atoms with van der Waals surface area (Å²) >= 11 is 0. The van der Waals surface area contributed by atoms with Crippen LogP contribution >= 0.6 is 0 Å². The molecular formula is C13H29N3O. The largest absolute Gasteiger partial charge is 0.355 e.